The third-order valence-electron chi connectivity index (χ3n) is 3.96. The van der Waals surface area contributed by atoms with E-state index >= 15 is 0 Å². The summed E-state index contributed by atoms with van der Waals surface area (Å²) >= 11 is 6.02. The van der Waals surface area contributed by atoms with Gasteiger partial charge >= 0.3 is 0 Å². The van der Waals surface area contributed by atoms with Crippen LogP contribution in [0.2, 0.25) is 5.02 Å². The molecular weight excluding hydrogens is 352 g/mol. The highest BCUT2D eigenvalue weighted by molar-refractivity contribution is 6.30. The van der Waals surface area contributed by atoms with Crippen molar-refractivity contribution in [2.75, 3.05) is 20.7 Å². The van der Waals surface area contributed by atoms with Gasteiger partial charge in [-0.1, -0.05) is 29.8 Å². The summed E-state index contributed by atoms with van der Waals surface area (Å²) < 4.78 is 5.30. The normalized spacial score (nSPS) is 10.3. The lowest BCUT2D eigenvalue weighted by Crippen LogP contribution is -2.29. The third kappa shape index (κ3) is 5.77. The molecule has 26 heavy (non-hydrogen) atoms. The van der Waals surface area contributed by atoms with Crippen molar-refractivity contribution in [3.05, 3.63) is 64.7 Å². The summed E-state index contributed by atoms with van der Waals surface area (Å²) in [6, 6.07) is 14.3. The third-order valence-corrected chi connectivity index (χ3v) is 4.20. The van der Waals surface area contributed by atoms with E-state index < -0.39 is 0 Å². The molecule has 138 valence electrons. The number of amides is 2. The minimum atomic E-state index is -0.130. The molecule has 0 spiro atoms. The van der Waals surface area contributed by atoms with Gasteiger partial charge in [-0.2, -0.15) is 0 Å². The SMILES string of the molecule is COc1ccc(Cl)cc1CN(C)C(=O)CCCNC(=O)c1ccccc1. The van der Waals surface area contributed by atoms with Crippen LogP contribution in [-0.4, -0.2) is 37.4 Å². The molecule has 0 aromatic heterocycles. The first-order valence-electron chi connectivity index (χ1n) is 8.41. The first-order chi connectivity index (χ1) is 12.5. The maximum absolute atomic E-state index is 12.3. The lowest BCUT2D eigenvalue weighted by molar-refractivity contribution is -0.130. The van der Waals surface area contributed by atoms with Gasteiger partial charge in [0, 0.05) is 42.7 Å². The van der Waals surface area contributed by atoms with Crippen molar-refractivity contribution in [3.8, 4) is 5.75 Å². The highest BCUT2D eigenvalue weighted by Crippen LogP contribution is 2.23. The maximum Gasteiger partial charge on any atom is 0.251 e. The van der Waals surface area contributed by atoms with E-state index in [2.05, 4.69) is 5.32 Å². The summed E-state index contributed by atoms with van der Waals surface area (Å²) in [5.74, 6) is 0.570. The molecule has 2 rings (SSSR count). The molecule has 0 aliphatic carbocycles. The van der Waals surface area contributed by atoms with Crippen molar-refractivity contribution in [2.24, 2.45) is 0 Å². The van der Waals surface area contributed by atoms with E-state index in [1.165, 1.54) is 0 Å². The van der Waals surface area contributed by atoms with Crippen LogP contribution in [0, 0.1) is 0 Å². The first-order valence-corrected chi connectivity index (χ1v) is 8.78. The Kier molecular flexibility index (Phi) is 7.48. The Morgan fingerprint density at radius 3 is 2.58 bits per heavy atom. The second-order valence-corrected chi connectivity index (χ2v) is 6.37. The van der Waals surface area contributed by atoms with Crippen molar-refractivity contribution in [1.29, 1.82) is 0 Å². The number of halogens is 1. The van der Waals surface area contributed by atoms with Crippen LogP contribution in [0.4, 0.5) is 0 Å². The maximum atomic E-state index is 12.3. The van der Waals surface area contributed by atoms with Crippen molar-refractivity contribution in [1.82, 2.24) is 10.2 Å². The van der Waals surface area contributed by atoms with Crippen molar-refractivity contribution < 1.29 is 14.3 Å². The Labute approximate surface area is 158 Å². The zero-order valence-electron chi connectivity index (χ0n) is 15.0. The predicted octanol–water partition coefficient (Wildman–Crippen LogP) is 3.52. The number of rotatable bonds is 8. The fourth-order valence-corrected chi connectivity index (χ4v) is 2.73. The molecule has 0 bridgehead atoms. The van der Waals surface area contributed by atoms with Gasteiger partial charge in [0.05, 0.1) is 7.11 Å². The quantitative estimate of drug-likeness (QED) is 0.719. The Bertz CT molecular complexity index is 750. The van der Waals surface area contributed by atoms with E-state index in [-0.39, 0.29) is 11.8 Å². The van der Waals surface area contributed by atoms with Gasteiger partial charge < -0.3 is 15.0 Å². The lowest BCUT2D eigenvalue weighted by atomic mass is 10.1. The fourth-order valence-electron chi connectivity index (χ4n) is 2.54. The number of carbonyl (C=O) groups excluding carboxylic acids is 2. The van der Waals surface area contributed by atoms with Gasteiger partial charge in [-0.3, -0.25) is 9.59 Å². The molecule has 0 aliphatic rings. The van der Waals surface area contributed by atoms with Crippen LogP contribution in [0.3, 0.4) is 0 Å². The molecule has 5 nitrogen and oxygen atoms in total. The van der Waals surface area contributed by atoms with Crippen LogP contribution in [0.15, 0.2) is 48.5 Å². The molecule has 0 radical (unpaired) electrons. The van der Waals surface area contributed by atoms with E-state index in [1.54, 1.807) is 49.4 Å². The van der Waals surface area contributed by atoms with Gasteiger partial charge in [-0.15, -0.1) is 0 Å². The number of methoxy groups -OCH3 is 1. The largest absolute Gasteiger partial charge is 0.496 e. The Hall–Kier alpha value is -2.53. The average molecular weight is 375 g/mol. The zero-order chi connectivity index (χ0) is 18.9. The standard InChI is InChI=1S/C20H23ClN2O3/c1-23(14-16-13-17(21)10-11-18(16)26-2)19(24)9-6-12-22-20(25)15-7-4-3-5-8-15/h3-5,7-8,10-11,13H,6,9,12,14H2,1-2H3,(H,22,25). The summed E-state index contributed by atoms with van der Waals surface area (Å²) in [6.07, 6.45) is 0.933. The molecular formula is C20H23ClN2O3. The van der Waals surface area contributed by atoms with E-state index in [0.717, 1.165) is 5.56 Å². The fraction of sp³-hybridized carbons (Fsp3) is 0.300. The second kappa shape index (κ2) is 9.82. The number of benzene rings is 2. The highest BCUT2D eigenvalue weighted by Gasteiger charge is 2.13. The lowest BCUT2D eigenvalue weighted by Gasteiger charge is -2.19. The number of carbonyl (C=O) groups is 2. The number of nitrogens with one attached hydrogen (secondary N) is 1. The van der Waals surface area contributed by atoms with Crippen molar-refractivity contribution in [3.63, 3.8) is 0 Å². The number of ether oxygens (including phenoxy) is 1. The molecule has 0 atom stereocenters. The molecule has 0 saturated heterocycles. The van der Waals surface area contributed by atoms with Crippen LogP contribution in [-0.2, 0) is 11.3 Å². The summed E-state index contributed by atoms with van der Waals surface area (Å²) in [5, 5.41) is 3.42. The van der Waals surface area contributed by atoms with Gasteiger partial charge in [0.1, 0.15) is 5.75 Å². The predicted molar refractivity (Wildman–Crippen MR) is 102 cm³/mol. The second-order valence-electron chi connectivity index (χ2n) is 5.93. The summed E-state index contributed by atoms with van der Waals surface area (Å²) in [6.45, 7) is 0.868. The average Bonchev–Trinajstić information content (AvgIpc) is 2.65. The summed E-state index contributed by atoms with van der Waals surface area (Å²) in [4.78, 5) is 25.9. The molecule has 0 heterocycles. The van der Waals surface area contributed by atoms with Gasteiger partial charge in [0.25, 0.3) is 5.91 Å². The van der Waals surface area contributed by atoms with E-state index in [0.29, 0.717) is 42.3 Å². The Morgan fingerprint density at radius 1 is 1.15 bits per heavy atom. The smallest absolute Gasteiger partial charge is 0.251 e. The van der Waals surface area contributed by atoms with Crippen LogP contribution < -0.4 is 10.1 Å². The van der Waals surface area contributed by atoms with Crippen LogP contribution >= 0.6 is 11.6 Å². The summed E-state index contributed by atoms with van der Waals surface area (Å²) in [5.41, 5.74) is 1.47. The molecule has 2 aromatic carbocycles. The minimum absolute atomic E-state index is 0.000915. The van der Waals surface area contributed by atoms with Gasteiger partial charge in [0.15, 0.2) is 0 Å². The van der Waals surface area contributed by atoms with Crippen LogP contribution in [0.1, 0.15) is 28.8 Å². The Morgan fingerprint density at radius 2 is 1.88 bits per heavy atom. The molecule has 0 aliphatic heterocycles. The van der Waals surface area contributed by atoms with E-state index in [9.17, 15) is 9.59 Å². The van der Waals surface area contributed by atoms with Gasteiger partial charge in [-0.25, -0.2) is 0 Å². The Balaban J connectivity index is 1.77. The van der Waals surface area contributed by atoms with Crippen LogP contribution in [0.5, 0.6) is 5.75 Å². The monoisotopic (exact) mass is 374 g/mol. The number of hydrogen-bond acceptors (Lipinski definition) is 3. The van der Waals surface area contributed by atoms with Crippen molar-refractivity contribution >= 4 is 23.4 Å². The molecule has 0 unspecified atom stereocenters. The van der Waals surface area contributed by atoms with Crippen LogP contribution in [0.25, 0.3) is 0 Å². The van der Waals surface area contributed by atoms with Gasteiger partial charge in [0.2, 0.25) is 5.91 Å². The first kappa shape index (κ1) is 19.8. The molecule has 0 fully saturated rings. The van der Waals surface area contributed by atoms with Gasteiger partial charge in [-0.05, 0) is 36.8 Å². The minimum Gasteiger partial charge on any atom is -0.496 e. The zero-order valence-corrected chi connectivity index (χ0v) is 15.8. The molecule has 6 heteroatoms. The number of nitrogens with zero attached hydrogens (tertiary/aromatic N) is 1. The molecule has 1 N–H and O–H groups in total. The number of hydrogen-bond donors (Lipinski definition) is 1. The molecule has 0 saturated carbocycles. The van der Waals surface area contributed by atoms with Crippen molar-refractivity contribution in [2.45, 2.75) is 19.4 Å². The van der Waals surface area contributed by atoms with E-state index in [4.69, 9.17) is 16.3 Å². The molecule has 2 aromatic rings. The topological polar surface area (TPSA) is 58.6 Å². The highest BCUT2D eigenvalue weighted by atomic mass is 35.5. The summed E-state index contributed by atoms with van der Waals surface area (Å²) in [7, 11) is 3.33. The molecule has 2 amide bonds. The van der Waals surface area contributed by atoms with E-state index in [1.807, 2.05) is 18.2 Å².